The molecule has 1 saturated carbocycles. The first-order valence-corrected chi connectivity index (χ1v) is 6.35. The van der Waals surface area contributed by atoms with Crippen LogP contribution in [0.3, 0.4) is 0 Å². The van der Waals surface area contributed by atoms with Crippen molar-refractivity contribution in [2.75, 3.05) is 26.7 Å². The smallest absolute Gasteiger partial charge is 0.193 e. The molecule has 1 heterocycles. The van der Waals surface area contributed by atoms with Crippen molar-refractivity contribution in [1.29, 1.82) is 0 Å². The Morgan fingerprint density at radius 3 is 2.56 bits per heavy atom. The van der Waals surface area contributed by atoms with Crippen LogP contribution in [0.1, 0.15) is 18.4 Å². The van der Waals surface area contributed by atoms with Gasteiger partial charge >= 0.3 is 0 Å². The molecule has 18 heavy (non-hydrogen) atoms. The molecule has 0 unspecified atom stereocenters. The largest absolute Gasteiger partial charge is 0.355 e. The fourth-order valence-corrected chi connectivity index (χ4v) is 2.48. The van der Waals surface area contributed by atoms with Crippen molar-refractivity contribution in [3.63, 3.8) is 0 Å². The highest BCUT2D eigenvalue weighted by Crippen LogP contribution is 2.47. The van der Waals surface area contributed by atoms with E-state index < -0.39 is 0 Å². The second-order valence-corrected chi connectivity index (χ2v) is 5.13. The van der Waals surface area contributed by atoms with Gasteiger partial charge in [0.25, 0.3) is 0 Å². The van der Waals surface area contributed by atoms with Crippen LogP contribution >= 0.6 is 24.0 Å². The van der Waals surface area contributed by atoms with E-state index in [0.29, 0.717) is 5.41 Å². The predicted molar refractivity (Wildman–Crippen MR) is 85.7 cm³/mol. The molecule has 2 aliphatic rings. The van der Waals surface area contributed by atoms with Crippen molar-refractivity contribution < 1.29 is 0 Å². The van der Waals surface area contributed by atoms with Crippen LogP contribution in [0.4, 0.5) is 0 Å². The summed E-state index contributed by atoms with van der Waals surface area (Å²) in [5.74, 6) is 1.06. The van der Waals surface area contributed by atoms with Gasteiger partial charge in [0.1, 0.15) is 0 Å². The molecule has 98 valence electrons. The molecule has 0 spiro atoms. The van der Waals surface area contributed by atoms with E-state index in [-0.39, 0.29) is 24.0 Å². The summed E-state index contributed by atoms with van der Waals surface area (Å²) in [6, 6.07) is 10.8. The van der Waals surface area contributed by atoms with Gasteiger partial charge in [0.05, 0.1) is 6.54 Å². The Labute approximate surface area is 126 Å². The van der Waals surface area contributed by atoms with E-state index in [1.165, 1.54) is 18.4 Å². The van der Waals surface area contributed by atoms with Crippen LogP contribution < -0.4 is 5.32 Å². The van der Waals surface area contributed by atoms with Crippen LogP contribution in [-0.2, 0) is 5.41 Å². The zero-order valence-corrected chi connectivity index (χ0v) is 13.1. The highest BCUT2D eigenvalue weighted by molar-refractivity contribution is 14.0. The van der Waals surface area contributed by atoms with Crippen molar-refractivity contribution >= 4 is 29.9 Å². The van der Waals surface area contributed by atoms with Crippen molar-refractivity contribution in [2.24, 2.45) is 4.99 Å². The van der Waals surface area contributed by atoms with E-state index in [1.807, 2.05) is 0 Å². The summed E-state index contributed by atoms with van der Waals surface area (Å²) in [6.45, 7) is 2.98. The van der Waals surface area contributed by atoms with Crippen molar-refractivity contribution in [3.05, 3.63) is 35.9 Å². The number of hydrogen-bond acceptors (Lipinski definition) is 3. The van der Waals surface area contributed by atoms with Gasteiger partial charge in [-0.1, -0.05) is 30.3 Å². The van der Waals surface area contributed by atoms with Gasteiger partial charge in [-0.3, -0.25) is 4.99 Å². The lowest BCUT2D eigenvalue weighted by molar-refractivity contribution is 0.523. The Morgan fingerprint density at radius 2 is 2.00 bits per heavy atom. The van der Waals surface area contributed by atoms with Gasteiger partial charge in [-0.2, -0.15) is 0 Å². The van der Waals surface area contributed by atoms with Crippen LogP contribution in [-0.4, -0.2) is 37.5 Å². The van der Waals surface area contributed by atoms with E-state index in [2.05, 4.69) is 52.6 Å². The zero-order chi connectivity index (χ0) is 11.7. The average Bonchev–Trinajstić information content (AvgIpc) is 3.06. The van der Waals surface area contributed by atoms with Crippen LogP contribution in [0.5, 0.6) is 0 Å². The normalized spacial score (nSPS) is 20.1. The Bertz CT molecular complexity index is 426. The number of hydrogen-bond donors (Lipinski definition) is 1. The minimum Gasteiger partial charge on any atom is -0.355 e. The molecule has 0 aromatic heterocycles. The van der Waals surface area contributed by atoms with Gasteiger partial charge < -0.3 is 10.2 Å². The Morgan fingerprint density at radius 1 is 1.28 bits per heavy atom. The summed E-state index contributed by atoms with van der Waals surface area (Å²) in [6.07, 6.45) is 2.59. The SMILES string of the molecule is CN1CCN=C1NCC1(c2ccccc2)CC1.I. The Balaban J connectivity index is 0.00000120. The molecule has 1 aliphatic carbocycles. The number of likely N-dealkylation sites (N-methyl/N-ethyl adjacent to an activating group) is 1. The predicted octanol–water partition coefficient (Wildman–Crippen LogP) is 2.23. The van der Waals surface area contributed by atoms with Gasteiger partial charge in [-0.25, -0.2) is 0 Å². The number of halogens is 1. The van der Waals surface area contributed by atoms with Gasteiger partial charge in [-0.15, -0.1) is 24.0 Å². The van der Waals surface area contributed by atoms with Gasteiger partial charge in [-0.05, 0) is 18.4 Å². The molecule has 1 aromatic rings. The first-order valence-electron chi connectivity index (χ1n) is 6.35. The quantitative estimate of drug-likeness (QED) is 0.841. The molecule has 3 nitrogen and oxygen atoms in total. The maximum Gasteiger partial charge on any atom is 0.193 e. The Hall–Kier alpha value is -0.780. The van der Waals surface area contributed by atoms with Gasteiger partial charge in [0.2, 0.25) is 0 Å². The molecule has 1 aliphatic heterocycles. The topological polar surface area (TPSA) is 27.6 Å². The molecule has 0 radical (unpaired) electrons. The summed E-state index contributed by atoms with van der Waals surface area (Å²) in [4.78, 5) is 6.67. The molecular weight excluding hydrogens is 337 g/mol. The minimum atomic E-state index is 0. The molecule has 0 saturated heterocycles. The standard InChI is InChI=1S/C14H19N3.HI/c1-17-10-9-15-13(17)16-11-14(7-8-14)12-5-3-2-4-6-12;/h2-6H,7-11H2,1H3,(H,15,16);1H. The van der Waals surface area contributed by atoms with Crippen molar-refractivity contribution in [3.8, 4) is 0 Å². The van der Waals surface area contributed by atoms with Crippen LogP contribution in [0.2, 0.25) is 0 Å². The first kappa shape index (κ1) is 13.6. The molecule has 1 N–H and O–H groups in total. The molecule has 1 aromatic carbocycles. The number of nitrogens with one attached hydrogen (secondary N) is 1. The Kier molecular flexibility index (Phi) is 4.14. The second-order valence-electron chi connectivity index (χ2n) is 5.13. The maximum absolute atomic E-state index is 4.47. The molecule has 1 fully saturated rings. The highest BCUT2D eigenvalue weighted by atomic mass is 127. The van der Waals surface area contributed by atoms with Gasteiger partial charge in [0.15, 0.2) is 5.96 Å². The number of guanidine groups is 1. The molecule has 0 bridgehead atoms. The molecular formula is C14H20IN3. The fraction of sp³-hybridized carbons (Fsp3) is 0.500. The van der Waals surface area contributed by atoms with Crippen molar-refractivity contribution in [2.45, 2.75) is 18.3 Å². The lowest BCUT2D eigenvalue weighted by atomic mass is 9.96. The average molecular weight is 357 g/mol. The summed E-state index contributed by atoms with van der Waals surface area (Å²) in [7, 11) is 2.10. The maximum atomic E-state index is 4.47. The third-order valence-corrected chi connectivity index (χ3v) is 3.88. The highest BCUT2D eigenvalue weighted by Gasteiger charge is 2.44. The minimum absolute atomic E-state index is 0. The zero-order valence-electron chi connectivity index (χ0n) is 10.7. The van der Waals surface area contributed by atoms with Crippen LogP contribution in [0, 0.1) is 0 Å². The third kappa shape index (κ3) is 2.63. The third-order valence-electron chi connectivity index (χ3n) is 3.88. The number of benzene rings is 1. The number of aliphatic imine (C=N–C) groups is 1. The molecule has 0 atom stereocenters. The monoisotopic (exact) mass is 357 g/mol. The van der Waals surface area contributed by atoms with E-state index >= 15 is 0 Å². The summed E-state index contributed by atoms with van der Waals surface area (Å²) in [5, 5.41) is 3.51. The number of nitrogens with zero attached hydrogens (tertiary/aromatic N) is 2. The summed E-state index contributed by atoms with van der Waals surface area (Å²) in [5.41, 5.74) is 1.83. The lowest BCUT2D eigenvalue weighted by Gasteiger charge is -2.20. The number of rotatable bonds is 3. The van der Waals surface area contributed by atoms with E-state index in [0.717, 1.165) is 25.6 Å². The van der Waals surface area contributed by atoms with Crippen molar-refractivity contribution in [1.82, 2.24) is 10.2 Å². The van der Waals surface area contributed by atoms with Gasteiger partial charge in [0, 0.05) is 25.6 Å². The first-order chi connectivity index (χ1) is 8.30. The summed E-state index contributed by atoms with van der Waals surface area (Å²) >= 11 is 0. The van der Waals surface area contributed by atoms with E-state index in [1.54, 1.807) is 0 Å². The molecule has 3 rings (SSSR count). The molecule has 0 amide bonds. The van der Waals surface area contributed by atoms with E-state index in [4.69, 9.17) is 0 Å². The second kappa shape index (κ2) is 5.47. The fourth-order valence-electron chi connectivity index (χ4n) is 2.48. The van der Waals surface area contributed by atoms with E-state index in [9.17, 15) is 0 Å². The van der Waals surface area contributed by atoms with Crippen LogP contribution in [0.25, 0.3) is 0 Å². The summed E-state index contributed by atoms with van der Waals surface area (Å²) < 4.78 is 0. The molecule has 4 heteroatoms. The van der Waals surface area contributed by atoms with Crippen LogP contribution in [0.15, 0.2) is 35.3 Å². The lowest BCUT2D eigenvalue weighted by Crippen LogP contribution is -2.39.